The molecular weight excluding hydrogens is 170 g/mol. The average molecular weight is 193 g/mol. The maximum atomic E-state index is 4.25. The van der Waals surface area contributed by atoms with Crippen LogP contribution in [0.5, 0.6) is 0 Å². The summed E-state index contributed by atoms with van der Waals surface area (Å²) in [7, 11) is 0. The molecule has 1 heteroatoms. The summed E-state index contributed by atoms with van der Waals surface area (Å²) in [5.41, 5.74) is 1.14. The van der Waals surface area contributed by atoms with Gasteiger partial charge in [-0.2, -0.15) is 0 Å². The van der Waals surface area contributed by atoms with E-state index in [4.69, 9.17) is 0 Å². The van der Waals surface area contributed by atoms with Gasteiger partial charge in [0.1, 0.15) is 0 Å². The molecule has 1 atom stereocenters. The summed E-state index contributed by atoms with van der Waals surface area (Å²) in [6.45, 7) is 15.1. The highest BCUT2D eigenvalue weighted by Gasteiger charge is 2.12. The monoisotopic (exact) mass is 193 g/mol. The zero-order valence-corrected chi connectivity index (χ0v) is 9.79. The highest BCUT2D eigenvalue weighted by atomic mass is 14.7. The second-order valence-corrected chi connectivity index (χ2v) is 4.02. The third-order valence-electron chi connectivity index (χ3n) is 2.57. The molecule has 0 radical (unpaired) electrons. The highest BCUT2D eigenvalue weighted by Crippen LogP contribution is 2.23. The molecule has 14 heavy (non-hydrogen) atoms. The summed E-state index contributed by atoms with van der Waals surface area (Å²) in [4.78, 5) is 4.25. The van der Waals surface area contributed by atoms with Crippen molar-refractivity contribution in [1.29, 1.82) is 0 Å². The van der Waals surface area contributed by atoms with Crippen LogP contribution in [0.1, 0.15) is 33.6 Å². The van der Waals surface area contributed by atoms with E-state index in [0.29, 0.717) is 11.8 Å². The van der Waals surface area contributed by atoms with Crippen molar-refractivity contribution in [3.8, 4) is 0 Å². The lowest BCUT2D eigenvalue weighted by Gasteiger charge is -2.19. The number of rotatable bonds is 7. The molecule has 0 saturated heterocycles. The van der Waals surface area contributed by atoms with Gasteiger partial charge in [-0.15, -0.1) is 0 Å². The Kier molecular flexibility index (Phi) is 7.09. The third-order valence-corrected chi connectivity index (χ3v) is 2.57. The second-order valence-electron chi connectivity index (χ2n) is 4.02. The van der Waals surface area contributed by atoms with Gasteiger partial charge in [-0.3, -0.25) is 4.99 Å². The Balaban J connectivity index is 4.01. The van der Waals surface area contributed by atoms with Crippen molar-refractivity contribution in [2.75, 3.05) is 6.54 Å². The van der Waals surface area contributed by atoms with Crippen molar-refractivity contribution in [1.82, 2.24) is 0 Å². The molecule has 0 aromatic carbocycles. The molecule has 0 aromatic rings. The lowest BCUT2D eigenvalue weighted by molar-refractivity contribution is 0.364. The standard InChI is InChI=1S/C13H23N/c1-6-12(5)10-13(11(3)4)8-9-14-7-2/h6-7,11,13H,1,5,8-10H2,2-4H3/b14-7-. The van der Waals surface area contributed by atoms with Gasteiger partial charge >= 0.3 is 0 Å². The minimum atomic E-state index is 0.684. The summed E-state index contributed by atoms with van der Waals surface area (Å²) < 4.78 is 0. The quantitative estimate of drug-likeness (QED) is 0.430. The minimum Gasteiger partial charge on any atom is -0.298 e. The van der Waals surface area contributed by atoms with Gasteiger partial charge in [-0.1, -0.05) is 38.7 Å². The van der Waals surface area contributed by atoms with Gasteiger partial charge in [-0.25, -0.2) is 0 Å². The van der Waals surface area contributed by atoms with E-state index in [2.05, 4.69) is 32.0 Å². The molecule has 1 nitrogen and oxygen atoms in total. The van der Waals surface area contributed by atoms with E-state index >= 15 is 0 Å². The number of aliphatic imine (C=N–C) groups is 1. The van der Waals surface area contributed by atoms with Crippen LogP contribution in [0, 0.1) is 11.8 Å². The lowest BCUT2D eigenvalue weighted by Crippen LogP contribution is -2.10. The van der Waals surface area contributed by atoms with Crippen LogP contribution in [0.15, 0.2) is 29.8 Å². The molecule has 0 saturated carbocycles. The van der Waals surface area contributed by atoms with Crippen LogP contribution >= 0.6 is 0 Å². The maximum absolute atomic E-state index is 4.25. The summed E-state index contributed by atoms with van der Waals surface area (Å²) in [5, 5.41) is 0. The maximum Gasteiger partial charge on any atom is 0.0388 e. The average Bonchev–Trinajstić information content (AvgIpc) is 2.16. The Hall–Kier alpha value is -0.850. The van der Waals surface area contributed by atoms with Gasteiger partial charge in [0, 0.05) is 6.54 Å². The van der Waals surface area contributed by atoms with Crippen LogP contribution in [0.25, 0.3) is 0 Å². The Morgan fingerprint density at radius 2 is 2.07 bits per heavy atom. The SMILES string of the molecule is C=CC(=C)CC(CC/N=C\C)C(C)C. The number of allylic oxidation sites excluding steroid dienone is 2. The van der Waals surface area contributed by atoms with E-state index in [1.54, 1.807) is 0 Å². The van der Waals surface area contributed by atoms with Crippen molar-refractivity contribution < 1.29 is 0 Å². The van der Waals surface area contributed by atoms with Crippen molar-refractivity contribution in [3.05, 3.63) is 24.8 Å². The smallest absolute Gasteiger partial charge is 0.0388 e. The Labute approximate surface area is 88.6 Å². The lowest BCUT2D eigenvalue weighted by atomic mass is 9.87. The van der Waals surface area contributed by atoms with Gasteiger partial charge in [0.2, 0.25) is 0 Å². The molecule has 0 aromatic heterocycles. The zero-order chi connectivity index (χ0) is 11.0. The van der Waals surface area contributed by atoms with Gasteiger partial charge in [0.25, 0.3) is 0 Å². The predicted molar refractivity (Wildman–Crippen MR) is 65.9 cm³/mol. The van der Waals surface area contributed by atoms with E-state index in [-0.39, 0.29) is 0 Å². The molecule has 80 valence electrons. The normalized spacial score (nSPS) is 13.4. The fourth-order valence-corrected chi connectivity index (χ4v) is 1.46. The number of hydrogen-bond donors (Lipinski definition) is 0. The van der Waals surface area contributed by atoms with Gasteiger partial charge in [0.15, 0.2) is 0 Å². The van der Waals surface area contributed by atoms with Gasteiger partial charge < -0.3 is 0 Å². The van der Waals surface area contributed by atoms with Gasteiger partial charge in [-0.05, 0) is 37.8 Å². The molecule has 0 aliphatic carbocycles. The van der Waals surface area contributed by atoms with E-state index in [0.717, 1.165) is 25.0 Å². The first-order valence-electron chi connectivity index (χ1n) is 5.36. The molecule has 1 unspecified atom stereocenters. The molecule has 0 aliphatic rings. The van der Waals surface area contributed by atoms with Gasteiger partial charge in [0.05, 0.1) is 0 Å². The fourth-order valence-electron chi connectivity index (χ4n) is 1.46. The van der Waals surface area contributed by atoms with Crippen molar-refractivity contribution in [2.24, 2.45) is 16.8 Å². The topological polar surface area (TPSA) is 12.4 Å². The molecular formula is C13H23N. The van der Waals surface area contributed by atoms with Crippen LogP contribution in [-0.4, -0.2) is 12.8 Å². The van der Waals surface area contributed by atoms with E-state index in [1.807, 2.05) is 19.2 Å². The first-order chi connectivity index (χ1) is 6.61. The summed E-state index contributed by atoms with van der Waals surface area (Å²) in [6.07, 6.45) is 5.94. The predicted octanol–water partition coefficient (Wildman–Crippen LogP) is 3.87. The van der Waals surface area contributed by atoms with Crippen LogP contribution < -0.4 is 0 Å². The largest absolute Gasteiger partial charge is 0.298 e. The Bertz CT molecular complexity index is 201. The zero-order valence-electron chi connectivity index (χ0n) is 9.79. The Morgan fingerprint density at radius 1 is 1.43 bits per heavy atom. The first-order valence-corrected chi connectivity index (χ1v) is 5.36. The van der Waals surface area contributed by atoms with Crippen molar-refractivity contribution >= 4 is 6.21 Å². The fraction of sp³-hybridized carbons (Fsp3) is 0.615. The van der Waals surface area contributed by atoms with Crippen LogP contribution in [0.2, 0.25) is 0 Å². The molecule has 0 fully saturated rings. The Morgan fingerprint density at radius 3 is 2.50 bits per heavy atom. The summed E-state index contributed by atoms with van der Waals surface area (Å²) in [5.74, 6) is 1.38. The van der Waals surface area contributed by atoms with E-state index in [9.17, 15) is 0 Å². The molecule has 0 rings (SSSR count). The molecule has 0 amide bonds. The third kappa shape index (κ3) is 5.74. The summed E-state index contributed by atoms with van der Waals surface area (Å²) in [6, 6.07) is 0. The van der Waals surface area contributed by atoms with Crippen LogP contribution in [0.3, 0.4) is 0 Å². The molecule has 0 spiro atoms. The van der Waals surface area contributed by atoms with E-state index in [1.165, 1.54) is 0 Å². The number of hydrogen-bond acceptors (Lipinski definition) is 1. The van der Waals surface area contributed by atoms with Crippen molar-refractivity contribution in [3.63, 3.8) is 0 Å². The molecule has 0 N–H and O–H groups in total. The molecule has 0 bridgehead atoms. The summed E-state index contributed by atoms with van der Waals surface area (Å²) >= 11 is 0. The number of nitrogens with zero attached hydrogens (tertiary/aromatic N) is 1. The van der Waals surface area contributed by atoms with Crippen molar-refractivity contribution in [2.45, 2.75) is 33.6 Å². The second kappa shape index (κ2) is 7.54. The highest BCUT2D eigenvalue weighted by molar-refractivity contribution is 5.53. The first kappa shape index (κ1) is 13.2. The minimum absolute atomic E-state index is 0.684. The molecule has 0 aliphatic heterocycles. The van der Waals surface area contributed by atoms with Crippen LogP contribution in [0.4, 0.5) is 0 Å². The molecule has 0 heterocycles. The van der Waals surface area contributed by atoms with Crippen LogP contribution in [-0.2, 0) is 0 Å². The van der Waals surface area contributed by atoms with E-state index < -0.39 is 0 Å².